The number of amides is 1. The number of halogens is 1. The molecular formula is C10H8BrNO3S. The highest BCUT2D eigenvalue weighted by Gasteiger charge is 2.28. The van der Waals surface area contributed by atoms with Crippen LogP contribution in [0.4, 0.5) is 5.69 Å². The normalized spacial score (nSPS) is 18.8. The summed E-state index contributed by atoms with van der Waals surface area (Å²) in [5.41, 5.74) is 0.728. The summed E-state index contributed by atoms with van der Waals surface area (Å²) in [4.78, 5) is 23.1. The number of fused-ring (bicyclic) bond motifs is 1. The van der Waals surface area contributed by atoms with E-state index in [0.29, 0.717) is 0 Å². The van der Waals surface area contributed by atoms with Gasteiger partial charge in [0.1, 0.15) is 0 Å². The van der Waals surface area contributed by atoms with E-state index in [9.17, 15) is 9.59 Å². The van der Waals surface area contributed by atoms with Gasteiger partial charge in [0.25, 0.3) is 0 Å². The van der Waals surface area contributed by atoms with Crippen LogP contribution < -0.4 is 5.32 Å². The number of carboxylic acid groups (broad SMARTS) is 1. The Kier molecular flexibility index (Phi) is 3.20. The van der Waals surface area contributed by atoms with Gasteiger partial charge >= 0.3 is 5.97 Å². The smallest absolute Gasteiger partial charge is 0.305 e. The molecule has 0 saturated heterocycles. The van der Waals surface area contributed by atoms with Crippen molar-refractivity contribution in [2.45, 2.75) is 16.6 Å². The van der Waals surface area contributed by atoms with E-state index in [2.05, 4.69) is 21.2 Å². The summed E-state index contributed by atoms with van der Waals surface area (Å²) >= 11 is 4.60. The molecule has 0 aromatic heterocycles. The van der Waals surface area contributed by atoms with Crippen LogP contribution in [0.25, 0.3) is 0 Å². The van der Waals surface area contributed by atoms with E-state index in [0.717, 1.165) is 15.1 Å². The van der Waals surface area contributed by atoms with Gasteiger partial charge in [-0.1, -0.05) is 15.9 Å². The van der Waals surface area contributed by atoms with Gasteiger partial charge in [-0.25, -0.2) is 0 Å². The average Bonchev–Trinajstić information content (AvgIpc) is 2.19. The third-order valence-electron chi connectivity index (χ3n) is 2.12. The second-order valence-corrected chi connectivity index (χ2v) is 5.49. The SMILES string of the molecule is O=C(O)CC1Sc2ccc(Br)cc2NC1=O. The van der Waals surface area contributed by atoms with Gasteiger partial charge in [-0.15, -0.1) is 11.8 Å². The molecule has 0 saturated carbocycles. The number of carboxylic acids is 1. The van der Waals surface area contributed by atoms with Gasteiger partial charge < -0.3 is 10.4 Å². The van der Waals surface area contributed by atoms with Crippen molar-refractivity contribution in [2.24, 2.45) is 0 Å². The van der Waals surface area contributed by atoms with E-state index < -0.39 is 11.2 Å². The maximum absolute atomic E-state index is 11.6. The molecule has 0 aliphatic carbocycles. The van der Waals surface area contributed by atoms with Gasteiger partial charge in [-0.05, 0) is 18.2 Å². The summed E-state index contributed by atoms with van der Waals surface area (Å²) in [5.74, 6) is -1.22. The summed E-state index contributed by atoms with van der Waals surface area (Å²) in [6, 6.07) is 5.52. The zero-order chi connectivity index (χ0) is 11.7. The van der Waals surface area contributed by atoms with Crippen LogP contribution >= 0.6 is 27.7 Å². The second kappa shape index (κ2) is 4.47. The molecule has 0 fully saturated rings. The predicted molar refractivity (Wildman–Crippen MR) is 64.7 cm³/mol. The first-order valence-corrected chi connectivity index (χ1v) is 6.22. The molecule has 1 heterocycles. The van der Waals surface area contributed by atoms with Crippen molar-refractivity contribution in [1.82, 2.24) is 0 Å². The Labute approximate surface area is 105 Å². The molecule has 2 rings (SSSR count). The number of carbonyl (C=O) groups excluding carboxylic acids is 1. The molecule has 6 heteroatoms. The van der Waals surface area contributed by atoms with Gasteiger partial charge in [-0.2, -0.15) is 0 Å². The van der Waals surface area contributed by atoms with Crippen molar-refractivity contribution < 1.29 is 14.7 Å². The van der Waals surface area contributed by atoms with Crippen LogP contribution in [0.3, 0.4) is 0 Å². The Balaban J connectivity index is 2.25. The molecule has 0 bridgehead atoms. The lowest BCUT2D eigenvalue weighted by Crippen LogP contribution is -2.30. The van der Waals surface area contributed by atoms with Crippen LogP contribution in [0.5, 0.6) is 0 Å². The number of hydrogen-bond donors (Lipinski definition) is 2. The molecule has 1 aromatic rings. The molecule has 4 nitrogen and oxygen atoms in total. The first-order chi connectivity index (χ1) is 7.56. The van der Waals surface area contributed by atoms with Gasteiger partial charge in [0.05, 0.1) is 17.4 Å². The number of carbonyl (C=O) groups is 2. The number of thioether (sulfide) groups is 1. The highest BCUT2D eigenvalue weighted by molar-refractivity contribution is 9.10. The highest BCUT2D eigenvalue weighted by Crippen LogP contribution is 2.38. The van der Waals surface area contributed by atoms with Crippen LogP contribution in [0.1, 0.15) is 6.42 Å². The van der Waals surface area contributed by atoms with E-state index in [-0.39, 0.29) is 12.3 Å². The number of hydrogen-bond acceptors (Lipinski definition) is 3. The summed E-state index contributed by atoms with van der Waals surface area (Å²) < 4.78 is 0.879. The monoisotopic (exact) mass is 301 g/mol. The lowest BCUT2D eigenvalue weighted by molar-refractivity contribution is -0.138. The molecule has 84 valence electrons. The molecule has 1 aliphatic rings. The summed E-state index contributed by atoms with van der Waals surface area (Å²) in [6.07, 6.45) is -0.161. The molecule has 1 aromatic carbocycles. The number of benzene rings is 1. The van der Waals surface area contributed by atoms with Gasteiger partial charge in [0.15, 0.2) is 0 Å². The maximum atomic E-state index is 11.6. The van der Waals surface area contributed by atoms with E-state index in [1.807, 2.05) is 12.1 Å². The van der Waals surface area contributed by atoms with Crippen LogP contribution in [0, 0.1) is 0 Å². The first-order valence-electron chi connectivity index (χ1n) is 4.55. The van der Waals surface area contributed by atoms with Crippen molar-refractivity contribution >= 4 is 45.3 Å². The zero-order valence-electron chi connectivity index (χ0n) is 8.07. The summed E-state index contributed by atoms with van der Waals surface area (Å²) in [7, 11) is 0. The van der Waals surface area contributed by atoms with Crippen LogP contribution in [-0.2, 0) is 9.59 Å². The van der Waals surface area contributed by atoms with Gasteiger partial charge in [-0.3, -0.25) is 9.59 Å². The van der Waals surface area contributed by atoms with Gasteiger partial charge in [0, 0.05) is 9.37 Å². The van der Waals surface area contributed by atoms with Crippen LogP contribution in [-0.4, -0.2) is 22.2 Å². The predicted octanol–water partition coefficient (Wildman–Crippen LogP) is 2.34. The minimum absolute atomic E-state index is 0.161. The van der Waals surface area contributed by atoms with E-state index in [1.54, 1.807) is 6.07 Å². The fourth-order valence-electron chi connectivity index (χ4n) is 1.42. The number of anilines is 1. The molecule has 1 atom stereocenters. The lowest BCUT2D eigenvalue weighted by Gasteiger charge is -2.22. The Morgan fingerprint density at radius 1 is 1.56 bits per heavy atom. The average molecular weight is 302 g/mol. The van der Waals surface area contributed by atoms with E-state index >= 15 is 0 Å². The van der Waals surface area contributed by atoms with Crippen LogP contribution in [0.2, 0.25) is 0 Å². The third kappa shape index (κ3) is 2.38. The standard InChI is InChI=1S/C10H8BrNO3S/c11-5-1-2-7-6(3-5)12-10(15)8(16-7)4-9(13)14/h1-3,8H,4H2,(H,12,15)(H,13,14). The first kappa shape index (κ1) is 11.5. The third-order valence-corrected chi connectivity index (χ3v) is 3.89. The molecule has 2 N–H and O–H groups in total. The largest absolute Gasteiger partial charge is 0.481 e. The molecule has 16 heavy (non-hydrogen) atoms. The Morgan fingerprint density at radius 3 is 3.00 bits per heavy atom. The number of nitrogens with one attached hydrogen (secondary N) is 1. The van der Waals surface area contributed by atoms with Crippen molar-refractivity contribution in [3.05, 3.63) is 22.7 Å². The molecule has 1 unspecified atom stereocenters. The van der Waals surface area contributed by atoms with Crippen molar-refractivity contribution in [2.75, 3.05) is 5.32 Å². The Hall–Kier alpha value is -1.01. The Morgan fingerprint density at radius 2 is 2.31 bits per heavy atom. The molecule has 1 amide bonds. The minimum Gasteiger partial charge on any atom is -0.481 e. The topological polar surface area (TPSA) is 66.4 Å². The molecule has 0 spiro atoms. The minimum atomic E-state index is -0.965. The summed E-state index contributed by atoms with van der Waals surface area (Å²) in [5, 5.41) is 10.8. The van der Waals surface area contributed by atoms with E-state index in [1.165, 1.54) is 11.8 Å². The van der Waals surface area contributed by atoms with Crippen molar-refractivity contribution in [3.63, 3.8) is 0 Å². The zero-order valence-corrected chi connectivity index (χ0v) is 10.5. The Bertz CT molecular complexity index is 463. The quantitative estimate of drug-likeness (QED) is 0.880. The highest BCUT2D eigenvalue weighted by atomic mass is 79.9. The van der Waals surface area contributed by atoms with Gasteiger partial charge in [0.2, 0.25) is 5.91 Å². The fourth-order valence-corrected chi connectivity index (χ4v) is 2.86. The number of aliphatic carboxylic acids is 1. The van der Waals surface area contributed by atoms with E-state index in [4.69, 9.17) is 5.11 Å². The lowest BCUT2D eigenvalue weighted by atomic mass is 10.2. The maximum Gasteiger partial charge on any atom is 0.305 e. The van der Waals surface area contributed by atoms with Crippen LogP contribution in [0.15, 0.2) is 27.6 Å². The molecule has 0 radical (unpaired) electrons. The molecule has 1 aliphatic heterocycles. The van der Waals surface area contributed by atoms with Crippen molar-refractivity contribution in [3.8, 4) is 0 Å². The fraction of sp³-hybridized carbons (Fsp3) is 0.200. The summed E-state index contributed by atoms with van der Waals surface area (Å²) in [6.45, 7) is 0. The van der Waals surface area contributed by atoms with Crippen molar-refractivity contribution in [1.29, 1.82) is 0 Å². The molecular weight excluding hydrogens is 294 g/mol. The number of rotatable bonds is 2. The second-order valence-electron chi connectivity index (χ2n) is 3.33.